The number of rotatable bonds is 5. The number of thiophene rings is 1. The Morgan fingerprint density at radius 3 is 2.78 bits per heavy atom. The number of anilines is 2. The van der Waals surface area contributed by atoms with Crippen LogP contribution in [-0.2, 0) is 0 Å². The molecule has 1 atom stereocenters. The zero-order valence-corrected chi connectivity index (χ0v) is 11.7. The second kappa shape index (κ2) is 5.49. The molecule has 0 aliphatic carbocycles. The summed E-state index contributed by atoms with van der Waals surface area (Å²) < 4.78 is 0. The van der Waals surface area contributed by atoms with E-state index in [1.165, 1.54) is 0 Å². The summed E-state index contributed by atoms with van der Waals surface area (Å²) in [6.07, 6.45) is 1.10. The fraction of sp³-hybridized carbons (Fsp3) is 0.500. The summed E-state index contributed by atoms with van der Waals surface area (Å²) in [7, 11) is 0. The minimum atomic E-state index is 0.369. The average Bonchev–Trinajstić information content (AvgIpc) is 2.75. The molecule has 0 amide bonds. The third-order valence-electron chi connectivity index (χ3n) is 2.66. The summed E-state index contributed by atoms with van der Waals surface area (Å²) in [4.78, 5) is 9.64. The van der Waals surface area contributed by atoms with Gasteiger partial charge in [0.15, 0.2) is 0 Å². The molecule has 0 saturated heterocycles. The van der Waals surface area contributed by atoms with Crippen molar-refractivity contribution in [2.75, 3.05) is 10.7 Å². The highest BCUT2D eigenvalue weighted by atomic mass is 32.1. The second-order valence-electron chi connectivity index (χ2n) is 4.85. The maximum absolute atomic E-state index is 5.39. The normalized spacial score (nSPS) is 12.9. The smallest absolute Gasteiger partial charge is 0.240 e. The Labute approximate surface area is 111 Å². The van der Waals surface area contributed by atoms with Crippen LogP contribution in [0.25, 0.3) is 10.2 Å². The fourth-order valence-corrected chi connectivity index (χ4v) is 2.79. The predicted octanol–water partition coefficient (Wildman–Crippen LogP) is 2.82. The lowest BCUT2D eigenvalue weighted by atomic mass is 10.1. The van der Waals surface area contributed by atoms with Crippen molar-refractivity contribution in [3.8, 4) is 0 Å². The van der Waals surface area contributed by atoms with Gasteiger partial charge in [0.05, 0.1) is 5.39 Å². The number of nitrogens with two attached hydrogens (primary N) is 1. The molecule has 0 bridgehead atoms. The summed E-state index contributed by atoms with van der Waals surface area (Å²) in [6.45, 7) is 6.59. The summed E-state index contributed by atoms with van der Waals surface area (Å²) >= 11 is 1.59. The van der Waals surface area contributed by atoms with Crippen LogP contribution in [0.4, 0.5) is 11.8 Å². The minimum Gasteiger partial charge on any atom is -0.367 e. The minimum absolute atomic E-state index is 0.369. The summed E-state index contributed by atoms with van der Waals surface area (Å²) in [6, 6.07) is 2.40. The van der Waals surface area contributed by atoms with Crippen LogP contribution in [-0.4, -0.2) is 16.0 Å². The number of nitrogens with one attached hydrogen (secondary N) is 2. The summed E-state index contributed by atoms with van der Waals surface area (Å²) in [5.41, 5.74) is 2.51. The van der Waals surface area contributed by atoms with Gasteiger partial charge < -0.3 is 5.32 Å². The molecule has 6 heteroatoms. The number of fused-ring (bicyclic) bond motifs is 1. The standard InChI is InChI=1S/C12H19N5S/c1-7(2)6-8(3)14-10-9-4-5-18-11(9)16-12(15-10)17-13/h4-5,7-8H,6,13H2,1-3H3,(H2,14,15,16,17). The van der Waals surface area contributed by atoms with Crippen LogP contribution in [0, 0.1) is 5.92 Å². The van der Waals surface area contributed by atoms with Gasteiger partial charge in [-0.1, -0.05) is 13.8 Å². The van der Waals surface area contributed by atoms with Crippen LogP contribution in [0.2, 0.25) is 0 Å². The van der Waals surface area contributed by atoms with Gasteiger partial charge in [0.1, 0.15) is 10.6 Å². The van der Waals surface area contributed by atoms with Gasteiger partial charge in [-0.2, -0.15) is 4.98 Å². The molecule has 0 spiro atoms. The van der Waals surface area contributed by atoms with E-state index in [1.54, 1.807) is 11.3 Å². The second-order valence-corrected chi connectivity index (χ2v) is 5.75. The molecule has 0 fully saturated rings. The Morgan fingerprint density at radius 2 is 2.11 bits per heavy atom. The topological polar surface area (TPSA) is 75.9 Å². The Balaban J connectivity index is 2.28. The van der Waals surface area contributed by atoms with Crippen LogP contribution >= 0.6 is 11.3 Å². The van der Waals surface area contributed by atoms with Crippen molar-refractivity contribution in [2.45, 2.75) is 33.2 Å². The molecule has 0 aromatic carbocycles. The van der Waals surface area contributed by atoms with Gasteiger partial charge in [-0.3, -0.25) is 5.43 Å². The molecule has 2 heterocycles. The molecule has 4 N–H and O–H groups in total. The van der Waals surface area contributed by atoms with E-state index in [0.29, 0.717) is 17.9 Å². The molecule has 2 rings (SSSR count). The molecular formula is C12H19N5S. The summed E-state index contributed by atoms with van der Waals surface area (Å²) in [5.74, 6) is 7.34. The highest BCUT2D eigenvalue weighted by Crippen LogP contribution is 2.27. The lowest BCUT2D eigenvalue weighted by molar-refractivity contribution is 0.539. The largest absolute Gasteiger partial charge is 0.367 e. The van der Waals surface area contributed by atoms with E-state index in [0.717, 1.165) is 22.5 Å². The first-order valence-corrected chi connectivity index (χ1v) is 6.96. The van der Waals surface area contributed by atoms with Gasteiger partial charge >= 0.3 is 0 Å². The van der Waals surface area contributed by atoms with E-state index in [1.807, 2.05) is 11.4 Å². The zero-order chi connectivity index (χ0) is 13.1. The molecular weight excluding hydrogens is 246 g/mol. The Bertz CT molecular complexity index is 522. The molecule has 0 aliphatic rings. The molecule has 18 heavy (non-hydrogen) atoms. The number of hydrogen-bond acceptors (Lipinski definition) is 6. The van der Waals surface area contributed by atoms with E-state index >= 15 is 0 Å². The van der Waals surface area contributed by atoms with Gasteiger partial charge in [-0.05, 0) is 30.7 Å². The Hall–Kier alpha value is -1.40. The predicted molar refractivity (Wildman–Crippen MR) is 77.8 cm³/mol. The van der Waals surface area contributed by atoms with Crippen LogP contribution < -0.4 is 16.6 Å². The quantitative estimate of drug-likeness (QED) is 0.572. The van der Waals surface area contributed by atoms with Crippen molar-refractivity contribution in [3.63, 3.8) is 0 Å². The monoisotopic (exact) mass is 265 g/mol. The highest BCUT2D eigenvalue weighted by Gasteiger charge is 2.11. The number of hydrogen-bond donors (Lipinski definition) is 3. The molecule has 1 unspecified atom stereocenters. The third kappa shape index (κ3) is 2.88. The molecule has 98 valence electrons. The van der Waals surface area contributed by atoms with E-state index < -0.39 is 0 Å². The maximum atomic E-state index is 5.39. The maximum Gasteiger partial charge on any atom is 0.240 e. The fourth-order valence-electron chi connectivity index (χ4n) is 2.03. The molecule has 2 aromatic rings. The highest BCUT2D eigenvalue weighted by molar-refractivity contribution is 7.16. The van der Waals surface area contributed by atoms with Crippen LogP contribution in [0.3, 0.4) is 0 Å². The van der Waals surface area contributed by atoms with Crippen molar-refractivity contribution in [3.05, 3.63) is 11.4 Å². The zero-order valence-electron chi connectivity index (χ0n) is 10.9. The van der Waals surface area contributed by atoms with Crippen molar-refractivity contribution in [1.82, 2.24) is 9.97 Å². The van der Waals surface area contributed by atoms with Crippen molar-refractivity contribution < 1.29 is 0 Å². The lowest BCUT2D eigenvalue weighted by Gasteiger charge is -2.17. The van der Waals surface area contributed by atoms with Gasteiger partial charge in [0, 0.05) is 6.04 Å². The number of aromatic nitrogens is 2. The van der Waals surface area contributed by atoms with Gasteiger partial charge in [0.25, 0.3) is 0 Å². The van der Waals surface area contributed by atoms with Crippen LogP contribution in [0.1, 0.15) is 27.2 Å². The Morgan fingerprint density at radius 1 is 1.33 bits per heavy atom. The van der Waals surface area contributed by atoms with E-state index in [2.05, 4.69) is 41.5 Å². The van der Waals surface area contributed by atoms with E-state index in [4.69, 9.17) is 5.84 Å². The molecule has 0 saturated carbocycles. The Kier molecular flexibility index (Phi) is 3.98. The van der Waals surface area contributed by atoms with Gasteiger partial charge in [-0.25, -0.2) is 10.8 Å². The summed E-state index contributed by atoms with van der Waals surface area (Å²) in [5, 5.41) is 6.50. The molecule has 0 aliphatic heterocycles. The third-order valence-corrected chi connectivity index (χ3v) is 3.47. The number of nitrogen functional groups attached to an aromatic ring is 1. The van der Waals surface area contributed by atoms with E-state index in [9.17, 15) is 0 Å². The van der Waals surface area contributed by atoms with Crippen LogP contribution in [0.15, 0.2) is 11.4 Å². The number of nitrogens with zero attached hydrogens (tertiary/aromatic N) is 2. The van der Waals surface area contributed by atoms with Crippen molar-refractivity contribution in [2.24, 2.45) is 11.8 Å². The van der Waals surface area contributed by atoms with Gasteiger partial charge in [0.2, 0.25) is 5.95 Å². The first-order valence-electron chi connectivity index (χ1n) is 6.08. The average molecular weight is 265 g/mol. The first-order chi connectivity index (χ1) is 8.60. The lowest BCUT2D eigenvalue weighted by Crippen LogP contribution is -2.19. The SMILES string of the molecule is CC(C)CC(C)Nc1nc(NN)nc2sccc12. The number of hydrazine groups is 1. The van der Waals surface area contributed by atoms with Gasteiger partial charge in [-0.15, -0.1) is 11.3 Å². The molecule has 5 nitrogen and oxygen atoms in total. The molecule has 2 aromatic heterocycles. The van der Waals surface area contributed by atoms with Crippen LogP contribution in [0.5, 0.6) is 0 Å². The van der Waals surface area contributed by atoms with E-state index in [-0.39, 0.29) is 0 Å². The van der Waals surface area contributed by atoms with Crippen molar-refractivity contribution in [1.29, 1.82) is 0 Å². The molecule has 0 radical (unpaired) electrons. The van der Waals surface area contributed by atoms with Crippen molar-refractivity contribution >= 4 is 33.3 Å². The first kappa shape index (κ1) is 13.0.